The normalized spacial score (nSPS) is 22.1. The molecule has 2 aromatic rings. The number of nitrogens with zero attached hydrogens (tertiary/aromatic N) is 3. The molecular formula is C24H26N4O7. The lowest BCUT2D eigenvalue weighted by Gasteiger charge is -2.34. The topological polar surface area (TPSA) is 122 Å². The predicted molar refractivity (Wildman–Crippen MR) is 121 cm³/mol. The molecule has 1 atom stereocenters. The molecule has 0 spiro atoms. The first-order valence-corrected chi connectivity index (χ1v) is 11.5. The zero-order valence-electron chi connectivity index (χ0n) is 19.3. The summed E-state index contributed by atoms with van der Waals surface area (Å²) in [7, 11) is 0. The van der Waals surface area contributed by atoms with Crippen LogP contribution in [-0.2, 0) is 15.1 Å². The molecule has 2 saturated heterocycles. The molecule has 0 saturated carbocycles. The first kappa shape index (κ1) is 22.8. The third-order valence-corrected chi connectivity index (χ3v) is 6.54. The number of piperazine rings is 1. The van der Waals surface area contributed by atoms with Gasteiger partial charge >= 0.3 is 6.03 Å². The van der Waals surface area contributed by atoms with Gasteiger partial charge < -0.3 is 29.0 Å². The summed E-state index contributed by atoms with van der Waals surface area (Å²) in [5.41, 5.74) is -0.795. The van der Waals surface area contributed by atoms with Crippen LogP contribution in [0.3, 0.4) is 0 Å². The average Bonchev–Trinajstić information content (AvgIpc) is 3.39. The van der Waals surface area contributed by atoms with Gasteiger partial charge in [-0.25, -0.2) is 4.79 Å². The Morgan fingerprint density at radius 2 is 1.71 bits per heavy atom. The highest BCUT2D eigenvalue weighted by atomic mass is 16.5. The van der Waals surface area contributed by atoms with Crippen molar-refractivity contribution in [2.24, 2.45) is 0 Å². The number of urea groups is 1. The standard InChI is InChI=1S/C24H26N4O7/c1-24(16-5-6-17-19(14-16)35-13-3-12-33-17)22(31)28(23(32)25-24)15-20(29)26-7-9-27(10-8-26)21(30)18-4-2-11-34-18/h2,4-6,11,14H,3,7-10,12-13,15H2,1H3,(H,25,32)/t24-/m0/s1. The van der Waals surface area contributed by atoms with Crippen molar-refractivity contribution in [3.05, 3.63) is 47.9 Å². The number of furan rings is 1. The van der Waals surface area contributed by atoms with Crippen LogP contribution in [0.1, 0.15) is 29.5 Å². The summed E-state index contributed by atoms with van der Waals surface area (Å²) in [6.45, 7) is 3.53. The van der Waals surface area contributed by atoms with E-state index in [4.69, 9.17) is 13.9 Å². The number of imide groups is 1. The summed E-state index contributed by atoms with van der Waals surface area (Å²) in [5, 5.41) is 2.72. The van der Waals surface area contributed by atoms with Crippen molar-refractivity contribution < 1.29 is 33.1 Å². The maximum Gasteiger partial charge on any atom is 0.325 e. The molecule has 11 nitrogen and oxygen atoms in total. The lowest BCUT2D eigenvalue weighted by Crippen LogP contribution is -2.53. The number of fused-ring (bicyclic) bond motifs is 1. The van der Waals surface area contributed by atoms with Crippen LogP contribution in [0, 0.1) is 0 Å². The Balaban J connectivity index is 1.23. The van der Waals surface area contributed by atoms with Gasteiger partial charge in [0.2, 0.25) is 5.91 Å². The van der Waals surface area contributed by atoms with Crippen LogP contribution in [0.2, 0.25) is 0 Å². The van der Waals surface area contributed by atoms with Gasteiger partial charge in [0.1, 0.15) is 12.1 Å². The molecule has 2 fully saturated rings. The number of benzene rings is 1. The fourth-order valence-electron chi connectivity index (χ4n) is 4.46. The van der Waals surface area contributed by atoms with E-state index in [-0.39, 0.29) is 24.1 Å². The lowest BCUT2D eigenvalue weighted by molar-refractivity contribution is -0.139. The Kier molecular flexibility index (Phi) is 5.83. The summed E-state index contributed by atoms with van der Waals surface area (Å²) in [5.74, 6) is 0.238. The van der Waals surface area contributed by atoms with Gasteiger partial charge in [0.05, 0.1) is 19.5 Å². The van der Waals surface area contributed by atoms with Gasteiger partial charge in [-0.1, -0.05) is 6.07 Å². The van der Waals surface area contributed by atoms with E-state index in [1.165, 1.54) is 6.26 Å². The van der Waals surface area contributed by atoms with E-state index < -0.39 is 17.5 Å². The van der Waals surface area contributed by atoms with Crippen molar-refractivity contribution in [3.63, 3.8) is 0 Å². The summed E-state index contributed by atoms with van der Waals surface area (Å²) >= 11 is 0. The van der Waals surface area contributed by atoms with Crippen LogP contribution in [0.15, 0.2) is 41.0 Å². The summed E-state index contributed by atoms with van der Waals surface area (Å²) in [6.07, 6.45) is 2.18. The smallest absolute Gasteiger partial charge is 0.325 e. The molecular weight excluding hydrogens is 456 g/mol. The minimum atomic E-state index is -1.34. The minimum absolute atomic E-state index is 0.234. The molecule has 1 N–H and O–H groups in total. The van der Waals surface area contributed by atoms with Crippen molar-refractivity contribution in [3.8, 4) is 11.5 Å². The Morgan fingerprint density at radius 3 is 2.43 bits per heavy atom. The number of rotatable bonds is 4. The molecule has 0 aliphatic carbocycles. The van der Waals surface area contributed by atoms with Crippen LogP contribution in [0.4, 0.5) is 4.79 Å². The lowest BCUT2D eigenvalue weighted by atomic mass is 9.91. The van der Waals surface area contributed by atoms with Gasteiger partial charge in [0, 0.05) is 32.6 Å². The van der Waals surface area contributed by atoms with Gasteiger partial charge in [-0.3, -0.25) is 19.3 Å². The van der Waals surface area contributed by atoms with Crippen molar-refractivity contribution in [2.45, 2.75) is 18.9 Å². The second-order valence-corrected chi connectivity index (χ2v) is 8.81. The van der Waals surface area contributed by atoms with Crippen molar-refractivity contribution >= 4 is 23.8 Å². The number of carbonyl (C=O) groups is 4. The summed E-state index contributed by atoms with van der Waals surface area (Å²) < 4.78 is 16.5. The van der Waals surface area contributed by atoms with Crippen molar-refractivity contribution in [1.82, 2.24) is 20.0 Å². The summed E-state index contributed by atoms with van der Waals surface area (Å²) in [6, 6.07) is 7.73. The van der Waals surface area contributed by atoms with E-state index in [0.29, 0.717) is 56.5 Å². The number of ether oxygens (including phenoxy) is 2. The van der Waals surface area contributed by atoms with E-state index in [2.05, 4.69) is 5.32 Å². The molecule has 184 valence electrons. The van der Waals surface area contributed by atoms with Gasteiger partial charge in [0.15, 0.2) is 17.3 Å². The number of nitrogens with one attached hydrogen (secondary N) is 1. The maximum absolute atomic E-state index is 13.3. The maximum atomic E-state index is 13.3. The summed E-state index contributed by atoms with van der Waals surface area (Å²) in [4.78, 5) is 55.5. The molecule has 1 aromatic heterocycles. The molecule has 5 amide bonds. The highest BCUT2D eigenvalue weighted by Crippen LogP contribution is 2.36. The van der Waals surface area contributed by atoms with Crippen LogP contribution in [0.5, 0.6) is 11.5 Å². The first-order valence-electron chi connectivity index (χ1n) is 11.5. The fraction of sp³-hybridized carbons (Fsp3) is 0.417. The number of carbonyl (C=O) groups excluding carboxylic acids is 4. The average molecular weight is 482 g/mol. The Labute approximate surface area is 201 Å². The van der Waals surface area contributed by atoms with Crippen molar-refractivity contribution in [1.29, 1.82) is 0 Å². The van der Waals surface area contributed by atoms with Crippen LogP contribution < -0.4 is 14.8 Å². The van der Waals surface area contributed by atoms with E-state index >= 15 is 0 Å². The third kappa shape index (κ3) is 4.17. The second kappa shape index (κ2) is 8.97. The van der Waals surface area contributed by atoms with Gasteiger partial charge in [-0.2, -0.15) is 0 Å². The second-order valence-electron chi connectivity index (χ2n) is 8.81. The highest BCUT2D eigenvalue weighted by Gasteiger charge is 2.50. The molecule has 35 heavy (non-hydrogen) atoms. The van der Waals surface area contributed by atoms with Crippen LogP contribution in [0.25, 0.3) is 0 Å². The molecule has 0 bridgehead atoms. The molecule has 0 radical (unpaired) electrons. The molecule has 11 heteroatoms. The van der Waals surface area contributed by atoms with Gasteiger partial charge in [-0.05, 0) is 36.8 Å². The zero-order chi connectivity index (χ0) is 24.6. The van der Waals surface area contributed by atoms with E-state index in [0.717, 1.165) is 11.3 Å². The highest BCUT2D eigenvalue weighted by molar-refractivity contribution is 6.09. The van der Waals surface area contributed by atoms with E-state index in [1.54, 1.807) is 47.1 Å². The molecule has 5 rings (SSSR count). The predicted octanol–water partition coefficient (Wildman–Crippen LogP) is 1.19. The fourth-order valence-corrected chi connectivity index (χ4v) is 4.46. The van der Waals surface area contributed by atoms with Gasteiger partial charge in [0.25, 0.3) is 11.8 Å². The monoisotopic (exact) mass is 482 g/mol. The third-order valence-electron chi connectivity index (χ3n) is 6.54. The zero-order valence-corrected chi connectivity index (χ0v) is 19.3. The quantitative estimate of drug-likeness (QED) is 0.650. The Morgan fingerprint density at radius 1 is 1.00 bits per heavy atom. The molecule has 3 aliphatic rings. The molecule has 4 heterocycles. The first-order chi connectivity index (χ1) is 16.9. The Hall–Kier alpha value is -4.02. The largest absolute Gasteiger partial charge is 0.490 e. The molecule has 0 unspecified atom stereocenters. The minimum Gasteiger partial charge on any atom is -0.490 e. The molecule has 1 aromatic carbocycles. The van der Waals surface area contributed by atoms with Crippen molar-refractivity contribution in [2.75, 3.05) is 45.9 Å². The number of hydrogen-bond acceptors (Lipinski definition) is 7. The van der Waals surface area contributed by atoms with E-state index in [9.17, 15) is 19.2 Å². The van der Waals surface area contributed by atoms with Gasteiger partial charge in [-0.15, -0.1) is 0 Å². The molecule has 3 aliphatic heterocycles. The van der Waals surface area contributed by atoms with Crippen LogP contribution in [-0.4, -0.2) is 84.4 Å². The number of hydrogen-bond donors (Lipinski definition) is 1. The number of amides is 5. The van der Waals surface area contributed by atoms with E-state index in [1.807, 2.05) is 0 Å². The SMILES string of the molecule is C[C@@]1(c2ccc3c(c2)OCCCO3)NC(=O)N(CC(=O)N2CCN(C(=O)c3ccco3)CC2)C1=O. The van der Waals surface area contributed by atoms with Crippen LogP contribution >= 0.6 is 0 Å². The Bertz CT molecular complexity index is 1160.